The fourth-order valence-electron chi connectivity index (χ4n) is 1.84. The number of nitrogens with one attached hydrogen (secondary N) is 2. The van der Waals surface area contributed by atoms with E-state index in [0.29, 0.717) is 5.56 Å². The van der Waals surface area contributed by atoms with E-state index < -0.39 is 17.8 Å². The molecule has 1 aliphatic carbocycles. The lowest BCUT2D eigenvalue weighted by Crippen LogP contribution is -2.36. The van der Waals surface area contributed by atoms with E-state index in [0.717, 1.165) is 25.0 Å². The molecule has 21 heavy (non-hydrogen) atoms. The van der Waals surface area contributed by atoms with E-state index in [9.17, 15) is 23.1 Å². The first kappa shape index (κ1) is 15.8. The summed E-state index contributed by atoms with van der Waals surface area (Å²) in [5.74, 6) is -0.142. The quantitative estimate of drug-likeness (QED) is 0.748. The van der Waals surface area contributed by atoms with E-state index in [1.54, 1.807) is 0 Å². The maximum Gasteiger partial charge on any atom is 0.416 e. The zero-order valence-corrected chi connectivity index (χ0v) is 11.3. The molecule has 7 heteroatoms. The van der Waals surface area contributed by atoms with Crippen LogP contribution >= 0.6 is 0 Å². The van der Waals surface area contributed by atoms with Crippen LogP contribution in [0.3, 0.4) is 0 Å². The number of carbonyl (C=O) groups is 1. The Morgan fingerprint density at radius 3 is 2.43 bits per heavy atom. The van der Waals surface area contributed by atoms with Gasteiger partial charge in [-0.3, -0.25) is 4.79 Å². The minimum absolute atomic E-state index is 0.0776. The summed E-state index contributed by atoms with van der Waals surface area (Å²) in [6.07, 6.45) is -3.34. The van der Waals surface area contributed by atoms with Crippen LogP contribution < -0.4 is 10.6 Å². The second kappa shape index (κ2) is 6.44. The number of aliphatic hydroxyl groups is 1. The highest BCUT2D eigenvalue weighted by atomic mass is 19.4. The van der Waals surface area contributed by atoms with Crippen molar-refractivity contribution >= 4 is 5.91 Å². The number of aliphatic hydroxyl groups excluding tert-OH is 1. The van der Waals surface area contributed by atoms with Crippen LogP contribution in [0, 0.1) is 0 Å². The van der Waals surface area contributed by atoms with Crippen molar-refractivity contribution in [1.29, 1.82) is 0 Å². The molecule has 0 saturated heterocycles. The molecule has 0 spiro atoms. The molecule has 1 saturated carbocycles. The molecule has 1 fully saturated rings. The Hall–Kier alpha value is -1.60. The van der Waals surface area contributed by atoms with E-state index in [1.165, 1.54) is 12.1 Å². The van der Waals surface area contributed by atoms with Crippen molar-refractivity contribution in [3.05, 3.63) is 35.4 Å². The van der Waals surface area contributed by atoms with Gasteiger partial charge in [-0.25, -0.2) is 0 Å². The van der Waals surface area contributed by atoms with Crippen LogP contribution in [0.15, 0.2) is 24.3 Å². The van der Waals surface area contributed by atoms with Gasteiger partial charge in [-0.15, -0.1) is 0 Å². The van der Waals surface area contributed by atoms with E-state index in [4.69, 9.17) is 0 Å². The molecule has 1 amide bonds. The Morgan fingerprint density at radius 2 is 1.90 bits per heavy atom. The molecular weight excluding hydrogens is 285 g/mol. The molecule has 1 aromatic carbocycles. The zero-order chi connectivity index (χ0) is 15.5. The topological polar surface area (TPSA) is 61.4 Å². The summed E-state index contributed by atoms with van der Waals surface area (Å²) in [5, 5.41) is 15.4. The average Bonchev–Trinajstić information content (AvgIpc) is 3.21. The molecule has 4 nitrogen and oxygen atoms in total. The van der Waals surface area contributed by atoms with Gasteiger partial charge in [-0.2, -0.15) is 13.2 Å². The van der Waals surface area contributed by atoms with Crippen LogP contribution in [0.2, 0.25) is 0 Å². The minimum Gasteiger partial charge on any atom is -0.387 e. The van der Waals surface area contributed by atoms with Gasteiger partial charge in [0, 0.05) is 12.6 Å². The van der Waals surface area contributed by atoms with Gasteiger partial charge in [0.1, 0.15) is 0 Å². The van der Waals surface area contributed by atoms with Crippen molar-refractivity contribution in [2.45, 2.75) is 31.2 Å². The van der Waals surface area contributed by atoms with Crippen molar-refractivity contribution in [2.24, 2.45) is 0 Å². The highest BCUT2D eigenvalue weighted by Gasteiger charge is 2.30. The largest absolute Gasteiger partial charge is 0.416 e. The molecule has 0 bridgehead atoms. The normalized spacial score (nSPS) is 16.6. The molecule has 0 aromatic heterocycles. The molecule has 0 aliphatic heterocycles. The summed E-state index contributed by atoms with van der Waals surface area (Å²) in [4.78, 5) is 11.4. The Balaban J connectivity index is 1.77. The van der Waals surface area contributed by atoms with Crippen LogP contribution in [0.25, 0.3) is 0 Å². The summed E-state index contributed by atoms with van der Waals surface area (Å²) in [6.45, 7) is 0.178. The number of carbonyl (C=O) groups excluding carboxylic acids is 1. The zero-order valence-electron chi connectivity index (χ0n) is 11.3. The molecule has 1 aromatic rings. The van der Waals surface area contributed by atoms with Gasteiger partial charge < -0.3 is 15.7 Å². The van der Waals surface area contributed by atoms with Gasteiger partial charge >= 0.3 is 6.18 Å². The van der Waals surface area contributed by atoms with E-state index in [2.05, 4.69) is 10.6 Å². The van der Waals surface area contributed by atoms with Crippen LogP contribution in [0.5, 0.6) is 0 Å². The predicted molar refractivity (Wildman–Crippen MR) is 70.4 cm³/mol. The Labute approximate surface area is 120 Å². The Bertz CT molecular complexity index is 484. The minimum atomic E-state index is -4.39. The summed E-state index contributed by atoms with van der Waals surface area (Å²) in [7, 11) is 0. The number of rotatable bonds is 6. The average molecular weight is 302 g/mol. The summed E-state index contributed by atoms with van der Waals surface area (Å²) in [5.41, 5.74) is -0.381. The van der Waals surface area contributed by atoms with E-state index in [-0.39, 0.29) is 25.0 Å². The molecule has 1 atom stereocenters. The van der Waals surface area contributed by atoms with Crippen LogP contribution in [0.1, 0.15) is 30.1 Å². The lowest BCUT2D eigenvalue weighted by Gasteiger charge is -2.13. The third kappa shape index (κ3) is 5.02. The molecule has 1 unspecified atom stereocenters. The fourth-order valence-corrected chi connectivity index (χ4v) is 1.84. The SMILES string of the molecule is O=C(CNCC(O)c1ccc(C(F)(F)F)cc1)NC1CC1. The molecule has 1 aliphatic rings. The standard InChI is InChI=1S/C14H17F3N2O2/c15-14(16,17)10-3-1-9(2-4-10)12(20)7-18-8-13(21)19-11-5-6-11/h1-4,11-12,18,20H,5-8H2,(H,19,21). The van der Waals surface area contributed by atoms with E-state index in [1.807, 2.05) is 0 Å². The van der Waals surface area contributed by atoms with Gasteiger partial charge in [0.25, 0.3) is 0 Å². The monoisotopic (exact) mass is 302 g/mol. The number of hydrogen-bond donors (Lipinski definition) is 3. The molecule has 2 rings (SSSR count). The predicted octanol–water partition coefficient (Wildman–Crippen LogP) is 1.61. The summed E-state index contributed by atoms with van der Waals surface area (Å²) < 4.78 is 37.2. The lowest BCUT2D eigenvalue weighted by atomic mass is 10.1. The van der Waals surface area contributed by atoms with Gasteiger partial charge in [0.05, 0.1) is 18.2 Å². The third-order valence-electron chi connectivity index (χ3n) is 3.19. The molecule has 0 heterocycles. The Morgan fingerprint density at radius 1 is 1.29 bits per heavy atom. The van der Waals surface area contributed by atoms with Gasteiger partial charge in [0.2, 0.25) is 5.91 Å². The number of alkyl halides is 3. The van der Waals surface area contributed by atoms with Crippen LogP contribution in [0.4, 0.5) is 13.2 Å². The number of amides is 1. The first-order valence-corrected chi connectivity index (χ1v) is 6.71. The summed E-state index contributed by atoms with van der Waals surface area (Å²) >= 11 is 0. The molecule has 0 radical (unpaired) electrons. The highest BCUT2D eigenvalue weighted by molar-refractivity contribution is 5.78. The van der Waals surface area contributed by atoms with Crippen molar-refractivity contribution in [1.82, 2.24) is 10.6 Å². The highest BCUT2D eigenvalue weighted by Crippen LogP contribution is 2.29. The fraction of sp³-hybridized carbons (Fsp3) is 0.500. The molecule has 3 N–H and O–H groups in total. The second-order valence-corrected chi connectivity index (χ2v) is 5.11. The van der Waals surface area contributed by atoms with E-state index >= 15 is 0 Å². The maximum absolute atomic E-state index is 12.4. The second-order valence-electron chi connectivity index (χ2n) is 5.11. The smallest absolute Gasteiger partial charge is 0.387 e. The van der Waals surface area contributed by atoms with Crippen LogP contribution in [-0.4, -0.2) is 30.1 Å². The molecular formula is C14H17F3N2O2. The maximum atomic E-state index is 12.4. The van der Waals surface area contributed by atoms with Gasteiger partial charge in [0.15, 0.2) is 0 Å². The first-order valence-electron chi connectivity index (χ1n) is 6.71. The first-order chi connectivity index (χ1) is 9.86. The third-order valence-corrected chi connectivity index (χ3v) is 3.19. The summed E-state index contributed by atoms with van der Waals surface area (Å²) in [6, 6.07) is 4.61. The number of halogens is 3. The van der Waals surface area contributed by atoms with Gasteiger partial charge in [-0.1, -0.05) is 12.1 Å². The Kier molecular flexibility index (Phi) is 4.84. The van der Waals surface area contributed by atoms with Crippen molar-refractivity contribution < 1.29 is 23.1 Å². The van der Waals surface area contributed by atoms with Crippen LogP contribution in [-0.2, 0) is 11.0 Å². The van der Waals surface area contributed by atoms with Crippen molar-refractivity contribution in [2.75, 3.05) is 13.1 Å². The van der Waals surface area contributed by atoms with Gasteiger partial charge in [-0.05, 0) is 30.5 Å². The van der Waals surface area contributed by atoms with Crippen molar-refractivity contribution in [3.63, 3.8) is 0 Å². The van der Waals surface area contributed by atoms with Crippen molar-refractivity contribution in [3.8, 4) is 0 Å². The molecule has 116 valence electrons. The number of hydrogen-bond acceptors (Lipinski definition) is 3. The lowest BCUT2D eigenvalue weighted by molar-refractivity contribution is -0.137. The number of benzene rings is 1.